The van der Waals surface area contributed by atoms with Gasteiger partial charge in [-0.2, -0.15) is 5.26 Å². The van der Waals surface area contributed by atoms with Gasteiger partial charge in [-0.25, -0.2) is 4.79 Å². The van der Waals surface area contributed by atoms with Gasteiger partial charge < -0.3 is 10.5 Å². The van der Waals surface area contributed by atoms with Gasteiger partial charge in [0.05, 0.1) is 24.3 Å². The number of carbonyl (C=O) groups is 1. The second kappa shape index (κ2) is 3.79. The predicted molar refractivity (Wildman–Crippen MR) is 51.6 cm³/mol. The first-order valence-corrected chi connectivity index (χ1v) is 3.98. The van der Waals surface area contributed by atoms with E-state index in [4.69, 9.17) is 11.0 Å². The number of methoxy groups -OCH3 is 1. The zero-order chi connectivity index (χ0) is 10.7. The topological polar surface area (TPSA) is 76.1 Å². The molecular formula is C10H10N2O2. The number of nitrogens with two attached hydrogens (primary N) is 1. The Bertz CT molecular complexity index is 419. The van der Waals surface area contributed by atoms with Crippen molar-refractivity contribution >= 4 is 11.7 Å². The van der Waals surface area contributed by atoms with Crippen molar-refractivity contribution in [1.29, 1.82) is 5.26 Å². The fourth-order valence-electron chi connectivity index (χ4n) is 1.17. The fourth-order valence-corrected chi connectivity index (χ4v) is 1.17. The molecule has 4 nitrogen and oxygen atoms in total. The second-order valence-electron chi connectivity index (χ2n) is 2.84. The van der Waals surface area contributed by atoms with E-state index >= 15 is 0 Å². The van der Waals surface area contributed by atoms with Crippen molar-refractivity contribution in [3.05, 3.63) is 28.8 Å². The maximum absolute atomic E-state index is 11.3. The van der Waals surface area contributed by atoms with E-state index in [1.54, 1.807) is 6.92 Å². The molecule has 0 bridgehead atoms. The molecule has 0 radical (unpaired) electrons. The molecule has 0 heterocycles. The molecular weight excluding hydrogens is 180 g/mol. The number of benzene rings is 1. The third-order valence-corrected chi connectivity index (χ3v) is 1.96. The molecule has 0 aromatic heterocycles. The van der Waals surface area contributed by atoms with Crippen LogP contribution in [0.4, 0.5) is 5.69 Å². The lowest BCUT2D eigenvalue weighted by atomic mass is 10.0. The molecule has 2 N–H and O–H groups in total. The first-order valence-electron chi connectivity index (χ1n) is 3.98. The van der Waals surface area contributed by atoms with Crippen molar-refractivity contribution in [2.24, 2.45) is 0 Å². The van der Waals surface area contributed by atoms with Crippen LogP contribution >= 0.6 is 0 Å². The van der Waals surface area contributed by atoms with Gasteiger partial charge in [-0.15, -0.1) is 0 Å². The van der Waals surface area contributed by atoms with E-state index in [2.05, 4.69) is 4.74 Å². The third kappa shape index (κ3) is 1.67. The van der Waals surface area contributed by atoms with Crippen LogP contribution in [0.15, 0.2) is 12.1 Å². The molecule has 0 aliphatic rings. The van der Waals surface area contributed by atoms with Gasteiger partial charge in [0.15, 0.2) is 0 Å². The van der Waals surface area contributed by atoms with Crippen LogP contribution in [0.1, 0.15) is 21.5 Å². The molecule has 0 spiro atoms. The average molecular weight is 190 g/mol. The van der Waals surface area contributed by atoms with Gasteiger partial charge in [0.2, 0.25) is 0 Å². The first kappa shape index (κ1) is 10.1. The highest BCUT2D eigenvalue weighted by Gasteiger charge is 2.12. The summed E-state index contributed by atoms with van der Waals surface area (Å²) in [6.07, 6.45) is 0. The largest absolute Gasteiger partial charge is 0.465 e. The van der Waals surface area contributed by atoms with Gasteiger partial charge in [-0.3, -0.25) is 0 Å². The Labute approximate surface area is 81.9 Å². The summed E-state index contributed by atoms with van der Waals surface area (Å²) in [4.78, 5) is 11.3. The summed E-state index contributed by atoms with van der Waals surface area (Å²) < 4.78 is 4.57. The van der Waals surface area contributed by atoms with E-state index < -0.39 is 5.97 Å². The number of esters is 1. The first-order chi connectivity index (χ1) is 6.60. The summed E-state index contributed by atoms with van der Waals surface area (Å²) >= 11 is 0. The molecule has 4 heteroatoms. The summed E-state index contributed by atoms with van der Waals surface area (Å²) in [5, 5.41) is 8.76. The summed E-state index contributed by atoms with van der Waals surface area (Å²) in [5.74, 6) is -0.480. The smallest absolute Gasteiger partial charge is 0.338 e. The molecule has 14 heavy (non-hydrogen) atoms. The maximum atomic E-state index is 11.3. The van der Waals surface area contributed by atoms with Crippen LogP contribution in [-0.2, 0) is 4.74 Å². The zero-order valence-electron chi connectivity index (χ0n) is 8.00. The van der Waals surface area contributed by atoms with Gasteiger partial charge in [0.25, 0.3) is 0 Å². The SMILES string of the molecule is COC(=O)c1cc(N)cc(C#N)c1C. The Morgan fingerprint density at radius 2 is 2.21 bits per heavy atom. The van der Waals surface area contributed by atoms with E-state index in [0.717, 1.165) is 0 Å². The molecule has 0 aliphatic carbocycles. The number of hydrogen-bond donors (Lipinski definition) is 1. The number of nitrogens with zero attached hydrogens (tertiary/aromatic N) is 1. The monoisotopic (exact) mass is 190 g/mol. The Kier molecular flexibility index (Phi) is 2.73. The van der Waals surface area contributed by atoms with Crippen LogP contribution in [0.25, 0.3) is 0 Å². The van der Waals surface area contributed by atoms with Crippen LogP contribution in [0, 0.1) is 18.3 Å². The molecule has 72 valence electrons. The lowest BCUT2D eigenvalue weighted by Crippen LogP contribution is -2.06. The Morgan fingerprint density at radius 1 is 1.57 bits per heavy atom. The second-order valence-corrected chi connectivity index (χ2v) is 2.84. The number of nitriles is 1. The molecule has 0 atom stereocenters. The molecule has 0 amide bonds. The number of nitrogen functional groups attached to an aromatic ring is 1. The summed E-state index contributed by atoms with van der Waals surface area (Å²) in [7, 11) is 1.29. The van der Waals surface area contributed by atoms with Gasteiger partial charge in [0.1, 0.15) is 0 Å². The number of anilines is 1. The van der Waals surface area contributed by atoms with Gasteiger partial charge in [-0.1, -0.05) is 0 Å². The van der Waals surface area contributed by atoms with E-state index in [-0.39, 0.29) is 0 Å². The van der Waals surface area contributed by atoms with Crippen molar-refractivity contribution in [2.45, 2.75) is 6.92 Å². The zero-order valence-corrected chi connectivity index (χ0v) is 8.00. The Morgan fingerprint density at radius 3 is 2.71 bits per heavy atom. The molecule has 0 saturated carbocycles. The third-order valence-electron chi connectivity index (χ3n) is 1.96. The fraction of sp³-hybridized carbons (Fsp3) is 0.200. The van der Waals surface area contributed by atoms with Gasteiger partial charge in [-0.05, 0) is 24.6 Å². The van der Waals surface area contributed by atoms with Gasteiger partial charge >= 0.3 is 5.97 Å². The lowest BCUT2D eigenvalue weighted by molar-refractivity contribution is 0.0600. The summed E-state index contributed by atoms with van der Waals surface area (Å²) in [6.45, 7) is 1.68. The molecule has 0 fully saturated rings. The highest BCUT2D eigenvalue weighted by molar-refractivity contribution is 5.92. The molecule has 1 aromatic rings. The van der Waals surface area contributed by atoms with Crippen molar-refractivity contribution in [2.75, 3.05) is 12.8 Å². The minimum absolute atomic E-state index is 0.337. The van der Waals surface area contributed by atoms with Crippen LogP contribution in [0.5, 0.6) is 0 Å². The molecule has 0 unspecified atom stereocenters. The maximum Gasteiger partial charge on any atom is 0.338 e. The highest BCUT2D eigenvalue weighted by atomic mass is 16.5. The van der Waals surface area contributed by atoms with Gasteiger partial charge in [0, 0.05) is 5.69 Å². The quantitative estimate of drug-likeness (QED) is 0.533. The van der Waals surface area contributed by atoms with E-state index in [0.29, 0.717) is 22.4 Å². The van der Waals surface area contributed by atoms with Crippen LogP contribution in [0.3, 0.4) is 0 Å². The number of hydrogen-bond acceptors (Lipinski definition) is 4. The summed E-state index contributed by atoms with van der Waals surface area (Å²) in [5.41, 5.74) is 7.24. The van der Waals surface area contributed by atoms with Crippen LogP contribution < -0.4 is 5.73 Å². The standard InChI is InChI=1S/C10H10N2O2/c1-6-7(5-11)3-8(12)4-9(6)10(13)14-2/h3-4H,12H2,1-2H3. The molecule has 0 aliphatic heterocycles. The van der Waals surface area contributed by atoms with Crippen molar-refractivity contribution in [3.63, 3.8) is 0 Å². The Balaban J connectivity index is 3.38. The van der Waals surface area contributed by atoms with E-state index in [1.165, 1.54) is 19.2 Å². The highest BCUT2D eigenvalue weighted by Crippen LogP contribution is 2.18. The minimum Gasteiger partial charge on any atom is -0.465 e. The molecule has 1 rings (SSSR count). The minimum atomic E-state index is -0.480. The lowest BCUT2D eigenvalue weighted by Gasteiger charge is -2.06. The van der Waals surface area contributed by atoms with E-state index in [9.17, 15) is 4.79 Å². The number of carbonyl (C=O) groups excluding carboxylic acids is 1. The number of rotatable bonds is 1. The Hall–Kier alpha value is -2.02. The summed E-state index contributed by atoms with van der Waals surface area (Å²) in [6, 6.07) is 5.00. The van der Waals surface area contributed by atoms with Crippen LogP contribution in [-0.4, -0.2) is 13.1 Å². The predicted octanol–water partition coefficient (Wildman–Crippen LogP) is 1.24. The van der Waals surface area contributed by atoms with Crippen molar-refractivity contribution in [3.8, 4) is 6.07 Å². The normalized spacial score (nSPS) is 9.21. The molecule has 1 aromatic carbocycles. The molecule has 0 saturated heterocycles. The van der Waals surface area contributed by atoms with Crippen molar-refractivity contribution < 1.29 is 9.53 Å². The van der Waals surface area contributed by atoms with Crippen molar-refractivity contribution in [1.82, 2.24) is 0 Å². The van der Waals surface area contributed by atoms with E-state index in [1.807, 2.05) is 6.07 Å². The van der Waals surface area contributed by atoms with Crippen LogP contribution in [0.2, 0.25) is 0 Å². The average Bonchev–Trinajstić information content (AvgIpc) is 2.19. The number of ether oxygens (including phenoxy) is 1.